The Morgan fingerprint density at radius 1 is 0.772 bits per heavy atom. The van der Waals surface area contributed by atoms with Crippen molar-refractivity contribution in [3.63, 3.8) is 0 Å². The average molecular weight is 800 g/mol. The van der Waals surface area contributed by atoms with Crippen molar-refractivity contribution in [2.45, 2.75) is 128 Å². The Morgan fingerprint density at radius 3 is 1.98 bits per heavy atom. The number of primary amides is 1. The third-order valence-electron chi connectivity index (χ3n) is 10.4. The summed E-state index contributed by atoms with van der Waals surface area (Å²) in [6.07, 6.45) is 14.0. The Kier molecular flexibility index (Phi) is 20.6. The van der Waals surface area contributed by atoms with E-state index in [0.717, 1.165) is 69.9 Å². The van der Waals surface area contributed by atoms with Gasteiger partial charge < -0.3 is 42.4 Å². The number of amides is 4. The number of carbonyl (C=O) groups is 5. The molecule has 0 saturated carbocycles. The van der Waals surface area contributed by atoms with Crippen LogP contribution in [0.5, 0.6) is 0 Å². The number of rotatable bonds is 10. The first kappa shape index (κ1) is 45.4. The molecule has 2 aliphatic heterocycles. The molecule has 0 saturated heterocycles. The third kappa shape index (κ3) is 17.4. The Morgan fingerprint density at radius 2 is 1.35 bits per heavy atom. The van der Waals surface area contributed by atoms with E-state index in [1.807, 2.05) is 6.20 Å². The fourth-order valence-electron chi connectivity index (χ4n) is 7.03. The number of aryl methyl sites for hydroxylation is 2. The van der Waals surface area contributed by atoms with Crippen LogP contribution in [0.2, 0.25) is 0 Å². The predicted molar refractivity (Wildman–Crippen MR) is 211 cm³/mol. The van der Waals surface area contributed by atoms with Gasteiger partial charge in [-0.05, 0) is 84.3 Å². The van der Waals surface area contributed by atoms with Gasteiger partial charge in [0.2, 0.25) is 23.6 Å². The van der Waals surface area contributed by atoms with Crippen LogP contribution in [0.4, 0.5) is 0 Å². The SMILES string of the molecule is CN[C@H]1Cc2cn(nn2)CCCC[C@@H](C(=O)NCCOCC(=O)C[C@H]2Cc3cn(nn3)CCCC[C@@H](C(N)=O)NCCCCCNC2=O)NCCCCCNC1=O. The van der Waals surface area contributed by atoms with Gasteiger partial charge in [-0.2, -0.15) is 0 Å². The monoisotopic (exact) mass is 800 g/mol. The van der Waals surface area contributed by atoms with Gasteiger partial charge in [-0.25, -0.2) is 0 Å². The molecule has 0 unspecified atom stereocenters. The largest absolute Gasteiger partial charge is 0.372 e. The van der Waals surface area contributed by atoms with Crippen molar-refractivity contribution in [2.75, 3.05) is 53.0 Å². The molecule has 0 spiro atoms. The van der Waals surface area contributed by atoms with Crippen LogP contribution in [-0.4, -0.2) is 131 Å². The molecule has 57 heavy (non-hydrogen) atoms. The van der Waals surface area contributed by atoms with E-state index in [0.29, 0.717) is 64.2 Å². The first-order valence-electron chi connectivity index (χ1n) is 20.9. The summed E-state index contributed by atoms with van der Waals surface area (Å²) < 4.78 is 9.15. The Balaban J connectivity index is 1.21. The molecule has 4 heterocycles. The Bertz CT molecular complexity index is 1530. The molecule has 4 bridgehead atoms. The summed E-state index contributed by atoms with van der Waals surface area (Å²) in [5.74, 6) is -1.58. The minimum atomic E-state index is -0.623. The normalized spacial score (nSPS) is 23.4. The molecule has 318 valence electrons. The number of Topliss-reactive ketones (excluding diaryl/α,β-unsaturated/α-hetero) is 1. The highest BCUT2D eigenvalue weighted by Gasteiger charge is 2.25. The number of fused-ring (bicyclic) bond motifs is 4. The molecular formula is C38H65N13O6. The number of ketones is 1. The lowest BCUT2D eigenvalue weighted by molar-refractivity contribution is -0.131. The summed E-state index contributed by atoms with van der Waals surface area (Å²) >= 11 is 0. The molecule has 0 radical (unpaired) electrons. The number of aromatic nitrogens is 6. The predicted octanol–water partition coefficient (Wildman–Crippen LogP) is -0.706. The standard InChI is InChI=1S/C38H65N13O6/c1-40-34-24-30-26-51(49-47-30)20-11-5-13-33(42-15-7-3-9-17-44-38(34)56)37(55)45-18-21-57-27-31(52)23-28-22-29-25-50(48-46-29)19-10-4-12-32(35(39)53)41-14-6-2-8-16-43-36(28)54/h25-26,28,32-34,40-42H,2-24,27H2,1H3,(H2,39,53)(H,43,54)(H,44,56)(H,45,55)/t28-,32+,33+,34+/m1/s1. The third-order valence-corrected chi connectivity index (χ3v) is 10.4. The van der Waals surface area contributed by atoms with E-state index in [4.69, 9.17) is 10.5 Å². The van der Waals surface area contributed by atoms with Gasteiger partial charge in [0.05, 0.1) is 42.0 Å². The van der Waals surface area contributed by atoms with Crippen molar-refractivity contribution >= 4 is 29.4 Å². The zero-order valence-corrected chi connectivity index (χ0v) is 33.6. The fourth-order valence-corrected chi connectivity index (χ4v) is 7.03. The molecule has 19 heteroatoms. The summed E-state index contributed by atoms with van der Waals surface area (Å²) in [4.78, 5) is 64.0. The van der Waals surface area contributed by atoms with Crippen LogP contribution in [0.25, 0.3) is 0 Å². The van der Waals surface area contributed by atoms with E-state index in [1.54, 1.807) is 22.6 Å². The van der Waals surface area contributed by atoms with Gasteiger partial charge in [0.25, 0.3) is 0 Å². The van der Waals surface area contributed by atoms with E-state index >= 15 is 0 Å². The maximum absolute atomic E-state index is 13.2. The zero-order chi connectivity index (χ0) is 40.7. The van der Waals surface area contributed by atoms with Crippen molar-refractivity contribution in [2.24, 2.45) is 11.7 Å². The van der Waals surface area contributed by atoms with Crippen molar-refractivity contribution in [3.8, 4) is 0 Å². The molecule has 4 rings (SSSR count). The maximum atomic E-state index is 13.2. The highest BCUT2D eigenvalue weighted by molar-refractivity contribution is 5.87. The number of ether oxygens (including phenoxy) is 1. The molecule has 4 amide bonds. The molecule has 0 aliphatic carbocycles. The van der Waals surface area contributed by atoms with E-state index in [9.17, 15) is 24.0 Å². The lowest BCUT2D eigenvalue weighted by atomic mass is 9.96. The maximum Gasteiger partial charge on any atom is 0.237 e. The van der Waals surface area contributed by atoms with E-state index in [2.05, 4.69) is 52.5 Å². The smallest absolute Gasteiger partial charge is 0.237 e. The van der Waals surface area contributed by atoms with Crippen molar-refractivity contribution in [3.05, 3.63) is 23.8 Å². The summed E-state index contributed by atoms with van der Waals surface area (Å²) in [6, 6.07) is -1.12. The molecule has 4 atom stereocenters. The highest BCUT2D eigenvalue weighted by atomic mass is 16.5. The molecule has 2 aromatic rings. The second kappa shape index (κ2) is 25.8. The summed E-state index contributed by atoms with van der Waals surface area (Å²) in [7, 11) is 1.77. The van der Waals surface area contributed by atoms with Crippen LogP contribution in [0, 0.1) is 5.92 Å². The molecule has 2 aromatic heterocycles. The highest BCUT2D eigenvalue weighted by Crippen LogP contribution is 2.14. The molecule has 0 aromatic carbocycles. The summed E-state index contributed by atoms with van der Waals surface area (Å²) in [5.41, 5.74) is 6.94. The van der Waals surface area contributed by atoms with Gasteiger partial charge in [0, 0.05) is 64.4 Å². The van der Waals surface area contributed by atoms with Gasteiger partial charge in [-0.15, -0.1) is 10.2 Å². The van der Waals surface area contributed by atoms with Gasteiger partial charge in [0.1, 0.15) is 6.61 Å². The summed E-state index contributed by atoms with van der Waals surface area (Å²) in [5, 5.41) is 35.5. The van der Waals surface area contributed by atoms with Crippen LogP contribution in [0.1, 0.15) is 94.9 Å². The van der Waals surface area contributed by atoms with Gasteiger partial charge in [0.15, 0.2) is 5.78 Å². The number of nitrogens with one attached hydrogen (secondary N) is 6. The lowest BCUT2D eigenvalue weighted by Crippen LogP contribution is -2.45. The van der Waals surface area contributed by atoms with Crippen LogP contribution < -0.4 is 37.6 Å². The first-order chi connectivity index (χ1) is 27.7. The number of hydrogen-bond acceptors (Lipinski definition) is 13. The van der Waals surface area contributed by atoms with E-state index in [-0.39, 0.29) is 80.1 Å². The van der Waals surface area contributed by atoms with E-state index < -0.39 is 5.92 Å². The first-order valence-corrected chi connectivity index (χ1v) is 20.9. The van der Waals surface area contributed by atoms with Crippen LogP contribution in [0.15, 0.2) is 12.4 Å². The van der Waals surface area contributed by atoms with Crippen molar-refractivity contribution < 1.29 is 28.7 Å². The number of nitrogens with two attached hydrogens (primary N) is 1. The summed E-state index contributed by atoms with van der Waals surface area (Å²) in [6.45, 7) is 3.87. The van der Waals surface area contributed by atoms with Crippen molar-refractivity contribution in [1.82, 2.24) is 61.9 Å². The quantitative estimate of drug-likeness (QED) is 0.147. The zero-order valence-electron chi connectivity index (χ0n) is 33.6. The minimum Gasteiger partial charge on any atom is -0.372 e. The van der Waals surface area contributed by atoms with Gasteiger partial charge in [-0.3, -0.25) is 33.3 Å². The van der Waals surface area contributed by atoms with Crippen molar-refractivity contribution in [1.29, 1.82) is 0 Å². The Hall–Kier alpha value is -4.33. The Labute approximate surface area is 335 Å². The number of hydrogen-bond donors (Lipinski definition) is 7. The van der Waals surface area contributed by atoms with Gasteiger partial charge >= 0.3 is 0 Å². The minimum absolute atomic E-state index is 0.00574. The van der Waals surface area contributed by atoms with Crippen LogP contribution >= 0.6 is 0 Å². The number of likely N-dealkylation sites (N-methyl/N-ethyl adjacent to an activating group) is 1. The second-order valence-corrected chi connectivity index (χ2v) is 15.1. The topological polar surface area (TPSA) is 254 Å². The molecule has 0 fully saturated rings. The second-order valence-electron chi connectivity index (χ2n) is 15.1. The molecule has 2 aliphatic rings. The number of carbonyl (C=O) groups excluding carboxylic acids is 5. The van der Waals surface area contributed by atoms with Crippen LogP contribution in [0.3, 0.4) is 0 Å². The fraction of sp³-hybridized carbons (Fsp3) is 0.763. The molecule has 8 N–H and O–H groups in total. The molecular weight excluding hydrogens is 735 g/mol. The number of nitrogens with zero attached hydrogens (tertiary/aromatic N) is 6. The van der Waals surface area contributed by atoms with E-state index in [1.165, 1.54) is 0 Å². The molecule has 19 nitrogen and oxygen atoms in total. The van der Waals surface area contributed by atoms with Crippen LogP contribution in [-0.2, 0) is 54.6 Å². The lowest BCUT2D eigenvalue weighted by Gasteiger charge is -2.19. The van der Waals surface area contributed by atoms with Gasteiger partial charge in [-0.1, -0.05) is 23.3 Å². The average Bonchev–Trinajstić information content (AvgIpc) is 3.85.